The van der Waals surface area contributed by atoms with Crippen LogP contribution in [0.2, 0.25) is 0 Å². The minimum Gasteiger partial charge on any atom is -0.0879 e. The highest BCUT2D eigenvalue weighted by Gasteiger charge is 2.22. The lowest BCUT2D eigenvalue weighted by Crippen LogP contribution is -2.17. The third-order valence-corrected chi connectivity index (χ3v) is 2.99. The molecule has 2 atom stereocenters. The first-order valence-corrected chi connectivity index (χ1v) is 4.70. The van der Waals surface area contributed by atoms with Gasteiger partial charge in [-0.25, -0.2) is 0 Å². The SMILES string of the molecule is CC1=CC2C=CCCC2CC1. The molecular formula is C11H16. The molecule has 0 aromatic carbocycles. The molecule has 2 aliphatic carbocycles. The number of hydrogen-bond donors (Lipinski definition) is 0. The van der Waals surface area contributed by atoms with Crippen molar-refractivity contribution in [3.05, 3.63) is 23.8 Å². The van der Waals surface area contributed by atoms with Gasteiger partial charge in [0.25, 0.3) is 0 Å². The highest BCUT2D eigenvalue weighted by Crippen LogP contribution is 2.35. The Morgan fingerprint density at radius 3 is 3.18 bits per heavy atom. The Kier molecular flexibility index (Phi) is 1.85. The predicted octanol–water partition coefficient (Wildman–Crippen LogP) is 3.31. The summed E-state index contributed by atoms with van der Waals surface area (Å²) in [7, 11) is 0. The van der Waals surface area contributed by atoms with Crippen LogP contribution in [0.5, 0.6) is 0 Å². The van der Waals surface area contributed by atoms with Crippen molar-refractivity contribution in [3.63, 3.8) is 0 Å². The first-order valence-electron chi connectivity index (χ1n) is 4.70. The molecule has 0 amide bonds. The molecular weight excluding hydrogens is 132 g/mol. The maximum atomic E-state index is 2.46. The molecule has 0 nitrogen and oxygen atoms in total. The van der Waals surface area contributed by atoms with Gasteiger partial charge in [-0.2, -0.15) is 0 Å². The summed E-state index contributed by atoms with van der Waals surface area (Å²) in [5.74, 6) is 1.76. The molecule has 0 aromatic heterocycles. The number of fused-ring (bicyclic) bond motifs is 1. The molecule has 2 unspecified atom stereocenters. The van der Waals surface area contributed by atoms with Crippen LogP contribution in [-0.2, 0) is 0 Å². The molecule has 0 aromatic rings. The normalized spacial score (nSPS) is 36.3. The molecule has 0 saturated carbocycles. The van der Waals surface area contributed by atoms with E-state index >= 15 is 0 Å². The smallest absolute Gasteiger partial charge is 0.00224 e. The molecule has 0 bridgehead atoms. The van der Waals surface area contributed by atoms with Gasteiger partial charge in [0, 0.05) is 0 Å². The molecule has 0 fully saturated rings. The third kappa shape index (κ3) is 1.40. The molecule has 0 radical (unpaired) electrons. The maximum absolute atomic E-state index is 2.46. The molecule has 0 saturated heterocycles. The van der Waals surface area contributed by atoms with E-state index < -0.39 is 0 Å². The summed E-state index contributed by atoms with van der Waals surface area (Å²) >= 11 is 0. The largest absolute Gasteiger partial charge is 0.0879 e. The van der Waals surface area contributed by atoms with Gasteiger partial charge < -0.3 is 0 Å². The quantitative estimate of drug-likeness (QED) is 0.462. The molecule has 0 heteroatoms. The van der Waals surface area contributed by atoms with Crippen LogP contribution in [0.3, 0.4) is 0 Å². The zero-order chi connectivity index (χ0) is 7.68. The Morgan fingerprint density at radius 2 is 2.27 bits per heavy atom. The van der Waals surface area contributed by atoms with Crippen molar-refractivity contribution in [2.45, 2.75) is 32.6 Å². The van der Waals surface area contributed by atoms with Crippen LogP contribution in [0.15, 0.2) is 23.8 Å². The topological polar surface area (TPSA) is 0 Å². The molecule has 2 rings (SSSR count). The van der Waals surface area contributed by atoms with Gasteiger partial charge in [0.1, 0.15) is 0 Å². The first-order chi connectivity index (χ1) is 5.36. The van der Waals surface area contributed by atoms with E-state index in [1.54, 1.807) is 5.57 Å². The van der Waals surface area contributed by atoms with E-state index in [4.69, 9.17) is 0 Å². The van der Waals surface area contributed by atoms with Gasteiger partial charge in [-0.05, 0) is 44.4 Å². The third-order valence-electron chi connectivity index (χ3n) is 2.99. The zero-order valence-electron chi connectivity index (χ0n) is 7.22. The predicted molar refractivity (Wildman–Crippen MR) is 48.3 cm³/mol. The summed E-state index contributed by atoms with van der Waals surface area (Å²) in [5, 5.41) is 0. The van der Waals surface area contributed by atoms with Crippen LogP contribution in [0.1, 0.15) is 32.6 Å². The van der Waals surface area contributed by atoms with Crippen molar-refractivity contribution in [1.29, 1.82) is 0 Å². The van der Waals surface area contributed by atoms with Gasteiger partial charge in [-0.1, -0.05) is 23.8 Å². The van der Waals surface area contributed by atoms with E-state index in [0.717, 1.165) is 11.8 Å². The van der Waals surface area contributed by atoms with Crippen molar-refractivity contribution in [1.82, 2.24) is 0 Å². The van der Waals surface area contributed by atoms with Crippen LogP contribution >= 0.6 is 0 Å². The molecule has 0 N–H and O–H groups in total. The van der Waals surface area contributed by atoms with Gasteiger partial charge in [0.05, 0.1) is 0 Å². The van der Waals surface area contributed by atoms with Crippen molar-refractivity contribution in [2.24, 2.45) is 11.8 Å². The van der Waals surface area contributed by atoms with E-state index in [1.165, 1.54) is 25.7 Å². The number of rotatable bonds is 0. The second-order valence-electron chi connectivity index (χ2n) is 3.89. The lowest BCUT2D eigenvalue weighted by atomic mass is 9.76. The number of allylic oxidation sites excluding steroid dienone is 4. The van der Waals surface area contributed by atoms with E-state index in [-0.39, 0.29) is 0 Å². The van der Waals surface area contributed by atoms with Crippen LogP contribution < -0.4 is 0 Å². The Hall–Kier alpha value is -0.520. The van der Waals surface area contributed by atoms with Crippen LogP contribution in [0.25, 0.3) is 0 Å². The summed E-state index contributed by atoms with van der Waals surface area (Å²) in [6, 6.07) is 0. The summed E-state index contributed by atoms with van der Waals surface area (Å²) in [6.45, 7) is 2.26. The van der Waals surface area contributed by atoms with E-state index in [0.29, 0.717) is 0 Å². The molecule has 0 spiro atoms. The highest BCUT2D eigenvalue weighted by molar-refractivity contribution is 5.14. The lowest BCUT2D eigenvalue weighted by Gasteiger charge is -2.29. The van der Waals surface area contributed by atoms with Crippen molar-refractivity contribution < 1.29 is 0 Å². The van der Waals surface area contributed by atoms with Crippen molar-refractivity contribution in [2.75, 3.05) is 0 Å². The fourth-order valence-electron chi connectivity index (χ4n) is 2.27. The van der Waals surface area contributed by atoms with Crippen LogP contribution in [0, 0.1) is 11.8 Å². The Morgan fingerprint density at radius 1 is 1.36 bits per heavy atom. The minimum absolute atomic E-state index is 0.789. The summed E-state index contributed by atoms with van der Waals surface area (Å²) in [5.41, 5.74) is 1.60. The highest BCUT2D eigenvalue weighted by atomic mass is 14.3. The average Bonchev–Trinajstić information content (AvgIpc) is 2.04. The van der Waals surface area contributed by atoms with Gasteiger partial charge in [-0.15, -0.1) is 0 Å². The lowest BCUT2D eigenvalue weighted by molar-refractivity contribution is 0.362. The first kappa shape index (κ1) is 7.15. The fourth-order valence-corrected chi connectivity index (χ4v) is 2.27. The molecule has 0 aliphatic heterocycles. The number of hydrogen-bond acceptors (Lipinski definition) is 0. The fraction of sp³-hybridized carbons (Fsp3) is 0.636. The Labute approximate surface area is 69.0 Å². The maximum Gasteiger partial charge on any atom is -0.00224 e. The van der Waals surface area contributed by atoms with E-state index in [2.05, 4.69) is 25.2 Å². The molecule has 0 heterocycles. The van der Waals surface area contributed by atoms with Crippen LogP contribution in [0.4, 0.5) is 0 Å². The summed E-state index contributed by atoms with van der Waals surface area (Å²) in [6.07, 6.45) is 12.7. The Bertz CT molecular complexity index is 198. The standard InChI is InChI=1S/C11H16/c1-9-6-7-10-4-2-3-5-11(10)8-9/h3,5,8,10-11H,2,4,6-7H2,1H3. The van der Waals surface area contributed by atoms with E-state index in [1.807, 2.05) is 0 Å². The Balaban J connectivity index is 2.18. The zero-order valence-corrected chi connectivity index (χ0v) is 7.22. The molecule has 60 valence electrons. The van der Waals surface area contributed by atoms with Crippen molar-refractivity contribution >= 4 is 0 Å². The van der Waals surface area contributed by atoms with Gasteiger partial charge in [0.2, 0.25) is 0 Å². The minimum atomic E-state index is 0.789. The second kappa shape index (κ2) is 2.84. The average molecular weight is 148 g/mol. The van der Waals surface area contributed by atoms with Gasteiger partial charge in [-0.3, -0.25) is 0 Å². The van der Waals surface area contributed by atoms with Gasteiger partial charge in [0.15, 0.2) is 0 Å². The molecule has 11 heavy (non-hydrogen) atoms. The summed E-state index contributed by atoms with van der Waals surface area (Å²) < 4.78 is 0. The van der Waals surface area contributed by atoms with Crippen molar-refractivity contribution in [3.8, 4) is 0 Å². The van der Waals surface area contributed by atoms with Crippen LogP contribution in [-0.4, -0.2) is 0 Å². The second-order valence-corrected chi connectivity index (χ2v) is 3.89. The van der Waals surface area contributed by atoms with E-state index in [9.17, 15) is 0 Å². The van der Waals surface area contributed by atoms with Gasteiger partial charge >= 0.3 is 0 Å². The molecule has 2 aliphatic rings. The summed E-state index contributed by atoms with van der Waals surface area (Å²) in [4.78, 5) is 0. The monoisotopic (exact) mass is 148 g/mol.